The van der Waals surface area contributed by atoms with Crippen LogP contribution in [0.4, 0.5) is 4.39 Å². The number of aryl methyl sites for hydroxylation is 1. The number of rotatable bonds is 7. The largest absolute Gasteiger partial charge is 0.379 e. The van der Waals surface area contributed by atoms with E-state index in [1.165, 1.54) is 11.6 Å². The number of hydrogen-bond acceptors (Lipinski definition) is 5. The van der Waals surface area contributed by atoms with Gasteiger partial charge in [-0.1, -0.05) is 30.3 Å². The van der Waals surface area contributed by atoms with E-state index in [0.29, 0.717) is 50.4 Å². The van der Waals surface area contributed by atoms with E-state index in [9.17, 15) is 14.0 Å². The molecule has 0 aliphatic carbocycles. The fourth-order valence-electron chi connectivity index (χ4n) is 4.35. The molecule has 34 heavy (non-hydrogen) atoms. The van der Waals surface area contributed by atoms with Gasteiger partial charge in [-0.25, -0.2) is 4.39 Å². The van der Waals surface area contributed by atoms with Gasteiger partial charge in [-0.2, -0.15) is 0 Å². The monoisotopic (exact) mass is 468 g/mol. The third-order valence-electron chi connectivity index (χ3n) is 6.54. The van der Waals surface area contributed by atoms with Crippen molar-refractivity contribution in [3.63, 3.8) is 0 Å². The Labute approximate surface area is 200 Å². The maximum absolute atomic E-state index is 13.8. The molecule has 0 atom stereocenters. The van der Waals surface area contributed by atoms with Crippen LogP contribution in [-0.2, 0) is 22.6 Å². The predicted molar refractivity (Wildman–Crippen MR) is 128 cm³/mol. The van der Waals surface area contributed by atoms with Crippen molar-refractivity contribution in [3.05, 3.63) is 70.5 Å². The van der Waals surface area contributed by atoms with Gasteiger partial charge in [0.15, 0.2) is 0 Å². The number of carbonyl (C=O) groups is 2. The zero-order chi connectivity index (χ0) is 23.9. The number of halogens is 1. The van der Waals surface area contributed by atoms with Crippen LogP contribution in [0.15, 0.2) is 42.5 Å². The Hall–Kier alpha value is -2.81. The minimum atomic E-state index is -0.368. The Balaban J connectivity index is 1.23. The van der Waals surface area contributed by atoms with Crippen LogP contribution < -0.4 is 5.32 Å². The Morgan fingerprint density at radius 1 is 0.941 bits per heavy atom. The average Bonchev–Trinajstić information content (AvgIpc) is 2.86. The van der Waals surface area contributed by atoms with Gasteiger partial charge >= 0.3 is 0 Å². The first-order valence-corrected chi connectivity index (χ1v) is 11.9. The highest BCUT2D eigenvalue weighted by molar-refractivity contribution is 5.94. The van der Waals surface area contributed by atoms with Crippen molar-refractivity contribution in [1.82, 2.24) is 20.0 Å². The third kappa shape index (κ3) is 6.40. The lowest BCUT2D eigenvalue weighted by Crippen LogP contribution is -2.51. The number of nitrogens with one attached hydrogen (secondary N) is 1. The lowest BCUT2D eigenvalue weighted by atomic mass is 10.1. The van der Waals surface area contributed by atoms with Crippen LogP contribution in [0.5, 0.6) is 0 Å². The van der Waals surface area contributed by atoms with Crippen molar-refractivity contribution >= 4 is 11.8 Å². The zero-order valence-corrected chi connectivity index (χ0v) is 19.8. The summed E-state index contributed by atoms with van der Waals surface area (Å²) >= 11 is 0. The van der Waals surface area contributed by atoms with Gasteiger partial charge in [0.25, 0.3) is 5.91 Å². The number of piperazine rings is 1. The Morgan fingerprint density at radius 2 is 1.65 bits per heavy atom. The van der Waals surface area contributed by atoms with E-state index in [1.807, 2.05) is 12.1 Å². The highest BCUT2D eigenvalue weighted by Crippen LogP contribution is 2.14. The molecule has 0 unspecified atom stereocenters. The SMILES string of the molecule is Cc1ccc(C(=O)N2CCN(CC(=O)NCc3ccccc3CN3CCOCC3)CC2)cc1F. The molecular formula is C26H33FN4O3. The summed E-state index contributed by atoms with van der Waals surface area (Å²) in [4.78, 5) is 31.4. The van der Waals surface area contributed by atoms with Crippen molar-refractivity contribution in [1.29, 1.82) is 0 Å². The molecule has 2 aliphatic rings. The summed E-state index contributed by atoms with van der Waals surface area (Å²) in [5, 5.41) is 3.05. The lowest BCUT2D eigenvalue weighted by molar-refractivity contribution is -0.122. The van der Waals surface area contributed by atoms with Gasteiger partial charge in [-0.05, 0) is 35.7 Å². The molecule has 2 amide bonds. The molecule has 7 nitrogen and oxygen atoms in total. The highest BCUT2D eigenvalue weighted by atomic mass is 19.1. The number of ether oxygens (including phenoxy) is 1. The first-order chi connectivity index (χ1) is 16.5. The van der Waals surface area contributed by atoms with Gasteiger partial charge < -0.3 is 15.0 Å². The van der Waals surface area contributed by atoms with Crippen LogP contribution in [0.3, 0.4) is 0 Å². The fraction of sp³-hybridized carbons (Fsp3) is 0.462. The van der Waals surface area contributed by atoms with Gasteiger partial charge in [-0.3, -0.25) is 19.4 Å². The molecule has 1 N–H and O–H groups in total. The predicted octanol–water partition coefficient (Wildman–Crippen LogP) is 2.04. The molecule has 2 aliphatic heterocycles. The molecule has 0 saturated carbocycles. The number of nitrogens with zero attached hydrogens (tertiary/aromatic N) is 3. The van der Waals surface area contributed by atoms with Crippen LogP contribution in [0.2, 0.25) is 0 Å². The summed E-state index contributed by atoms with van der Waals surface area (Å²) in [6, 6.07) is 12.8. The molecule has 0 bridgehead atoms. The molecule has 182 valence electrons. The first-order valence-electron chi connectivity index (χ1n) is 11.9. The molecule has 0 spiro atoms. The van der Waals surface area contributed by atoms with E-state index >= 15 is 0 Å². The van der Waals surface area contributed by atoms with E-state index in [-0.39, 0.29) is 17.6 Å². The standard InChI is InChI=1S/C26H33FN4O3/c1-20-6-7-21(16-24(20)27)26(33)31-10-8-29(9-11-31)19-25(32)28-17-22-4-2-3-5-23(22)18-30-12-14-34-15-13-30/h2-7,16H,8-15,17-19H2,1H3,(H,28,32). The molecule has 8 heteroatoms. The molecule has 4 rings (SSSR count). The van der Waals surface area contributed by atoms with Crippen LogP contribution in [0.25, 0.3) is 0 Å². The number of amides is 2. The number of morpholine rings is 1. The van der Waals surface area contributed by atoms with Gasteiger partial charge in [0, 0.05) is 57.9 Å². The van der Waals surface area contributed by atoms with Crippen LogP contribution in [0.1, 0.15) is 27.0 Å². The Kier molecular flexibility index (Phi) is 8.26. The smallest absolute Gasteiger partial charge is 0.254 e. The summed E-state index contributed by atoms with van der Waals surface area (Å²) in [6.45, 7) is 8.97. The molecule has 2 aromatic rings. The van der Waals surface area contributed by atoms with Crippen molar-refractivity contribution in [2.45, 2.75) is 20.0 Å². The van der Waals surface area contributed by atoms with E-state index in [4.69, 9.17) is 4.74 Å². The van der Waals surface area contributed by atoms with Crippen molar-refractivity contribution in [2.75, 3.05) is 59.0 Å². The molecular weight excluding hydrogens is 435 g/mol. The van der Waals surface area contributed by atoms with Crippen molar-refractivity contribution in [3.8, 4) is 0 Å². The number of benzene rings is 2. The normalized spacial score (nSPS) is 17.5. The van der Waals surface area contributed by atoms with Gasteiger partial charge in [0.05, 0.1) is 19.8 Å². The van der Waals surface area contributed by atoms with Crippen LogP contribution in [0, 0.1) is 12.7 Å². The minimum absolute atomic E-state index is 0.0263. The number of carbonyl (C=O) groups excluding carboxylic acids is 2. The average molecular weight is 469 g/mol. The maximum atomic E-state index is 13.8. The van der Waals surface area contributed by atoms with E-state index in [1.54, 1.807) is 24.0 Å². The van der Waals surface area contributed by atoms with Gasteiger partial charge in [0.1, 0.15) is 5.82 Å². The highest BCUT2D eigenvalue weighted by Gasteiger charge is 2.24. The summed E-state index contributed by atoms with van der Waals surface area (Å²) in [5.41, 5.74) is 3.24. The summed E-state index contributed by atoms with van der Waals surface area (Å²) < 4.78 is 19.2. The second-order valence-electron chi connectivity index (χ2n) is 8.97. The summed E-state index contributed by atoms with van der Waals surface area (Å²) in [7, 11) is 0. The molecule has 2 saturated heterocycles. The van der Waals surface area contributed by atoms with Crippen LogP contribution in [-0.4, -0.2) is 85.5 Å². The third-order valence-corrected chi connectivity index (χ3v) is 6.54. The molecule has 0 radical (unpaired) electrons. The van der Waals surface area contributed by atoms with E-state index in [0.717, 1.165) is 38.4 Å². The first kappa shape index (κ1) is 24.3. The quantitative estimate of drug-likeness (QED) is 0.674. The summed E-state index contributed by atoms with van der Waals surface area (Å²) in [5.74, 6) is -0.561. The second kappa shape index (κ2) is 11.6. The number of hydrogen-bond donors (Lipinski definition) is 1. The topological polar surface area (TPSA) is 65.1 Å². The van der Waals surface area contributed by atoms with Crippen molar-refractivity contribution in [2.24, 2.45) is 0 Å². The van der Waals surface area contributed by atoms with Crippen LogP contribution >= 0.6 is 0 Å². The van der Waals surface area contributed by atoms with Gasteiger partial charge in [-0.15, -0.1) is 0 Å². The molecule has 2 aromatic carbocycles. The fourth-order valence-corrected chi connectivity index (χ4v) is 4.35. The Morgan fingerprint density at radius 3 is 2.35 bits per heavy atom. The molecule has 0 aromatic heterocycles. The summed E-state index contributed by atoms with van der Waals surface area (Å²) in [6.07, 6.45) is 0. The molecule has 2 heterocycles. The zero-order valence-electron chi connectivity index (χ0n) is 19.8. The van der Waals surface area contributed by atoms with Crippen molar-refractivity contribution < 1.29 is 18.7 Å². The molecule has 2 fully saturated rings. The lowest BCUT2D eigenvalue weighted by Gasteiger charge is -2.34. The second-order valence-corrected chi connectivity index (χ2v) is 8.97. The van der Waals surface area contributed by atoms with Gasteiger partial charge in [0.2, 0.25) is 5.91 Å². The van der Waals surface area contributed by atoms with E-state index < -0.39 is 0 Å². The Bertz CT molecular complexity index is 1000. The minimum Gasteiger partial charge on any atom is -0.379 e. The maximum Gasteiger partial charge on any atom is 0.254 e. The van der Waals surface area contributed by atoms with E-state index in [2.05, 4.69) is 27.2 Å².